The Balaban J connectivity index is 1.80. The second kappa shape index (κ2) is 9.22. The zero-order chi connectivity index (χ0) is 18.3. The summed E-state index contributed by atoms with van der Waals surface area (Å²) in [5, 5.41) is 7.54. The second-order valence-electron chi connectivity index (χ2n) is 8.09. The number of piperazine rings is 1. The van der Waals surface area contributed by atoms with Crippen molar-refractivity contribution in [3.05, 3.63) is 17.5 Å². The molecule has 0 radical (unpaired) electrons. The summed E-state index contributed by atoms with van der Waals surface area (Å²) in [5.74, 6) is 1.94. The second-order valence-corrected chi connectivity index (χ2v) is 8.09. The van der Waals surface area contributed by atoms with Crippen molar-refractivity contribution < 1.29 is 4.52 Å². The van der Waals surface area contributed by atoms with E-state index in [1.54, 1.807) is 0 Å². The first-order valence-electron chi connectivity index (χ1n) is 9.55. The molecular formula is C19H35N5O. The molecule has 25 heavy (non-hydrogen) atoms. The van der Waals surface area contributed by atoms with E-state index in [0.717, 1.165) is 69.6 Å². The van der Waals surface area contributed by atoms with Crippen molar-refractivity contribution in [3.63, 3.8) is 0 Å². The lowest BCUT2D eigenvalue weighted by atomic mass is 9.91. The van der Waals surface area contributed by atoms with E-state index >= 15 is 0 Å². The third-order valence-electron chi connectivity index (χ3n) is 4.42. The van der Waals surface area contributed by atoms with Gasteiger partial charge in [-0.3, -0.25) is 9.89 Å². The van der Waals surface area contributed by atoms with Gasteiger partial charge in [-0.15, -0.1) is 0 Å². The molecule has 1 N–H and O–H groups in total. The molecule has 1 aliphatic rings. The Hall–Kier alpha value is -1.56. The quantitative estimate of drug-likeness (QED) is 0.486. The summed E-state index contributed by atoms with van der Waals surface area (Å²) in [6.45, 7) is 17.7. The van der Waals surface area contributed by atoms with Crippen LogP contribution in [0.2, 0.25) is 0 Å². The molecule has 142 valence electrons. The fraction of sp³-hybridized carbons (Fsp3) is 0.789. The van der Waals surface area contributed by atoms with Gasteiger partial charge in [0.15, 0.2) is 5.96 Å². The molecule has 1 aromatic rings. The Kier molecular flexibility index (Phi) is 7.29. The maximum Gasteiger partial charge on any atom is 0.194 e. The predicted octanol–water partition coefficient (Wildman–Crippen LogP) is 2.89. The zero-order valence-electron chi connectivity index (χ0n) is 16.6. The van der Waals surface area contributed by atoms with E-state index in [1.807, 2.05) is 13.0 Å². The highest BCUT2D eigenvalue weighted by molar-refractivity contribution is 5.80. The molecule has 0 spiro atoms. The molecule has 2 rings (SSSR count). The molecule has 0 bridgehead atoms. The Morgan fingerprint density at radius 1 is 1.28 bits per heavy atom. The lowest BCUT2D eigenvalue weighted by molar-refractivity contribution is 0.169. The third kappa shape index (κ3) is 7.06. The number of guanidine groups is 1. The molecule has 1 aliphatic heterocycles. The van der Waals surface area contributed by atoms with Crippen molar-refractivity contribution in [1.29, 1.82) is 0 Å². The molecule has 6 heteroatoms. The SMILES string of the molecule is CCNC(=NCCCC(C)(C)C)N1CCN(Cc2cc(C)on2)CC1. The summed E-state index contributed by atoms with van der Waals surface area (Å²) in [7, 11) is 0. The van der Waals surface area contributed by atoms with Crippen molar-refractivity contribution >= 4 is 5.96 Å². The number of aryl methyl sites for hydroxylation is 1. The summed E-state index contributed by atoms with van der Waals surface area (Å²) >= 11 is 0. The van der Waals surface area contributed by atoms with E-state index in [1.165, 1.54) is 6.42 Å². The zero-order valence-corrected chi connectivity index (χ0v) is 16.6. The van der Waals surface area contributed by atoms with Crippen LogP contribution in [0.25, 0.3) is 0 Å². The molecule has 6 nitrogen and oxygen atoms in total. The minimum Gasteiger partial charge on any atom is -0.361 e. The first-order valence-corrected chi connectivity index (χ1v) is 9.55. The maximum atomic E-state index is 5.16. The first-order chi connectivity index (χ1) is 11.9. The summed E-state index contributed by atoms with van der Waals surface area (Å²) in [6.07, 6.45) is 2.35. The van der Waals surface area contributed by atoms with E-state index in [9.17, 15) is 0 Å². The molecular weight excluding hydrogens is 314 g/mol. The highest BCUT2D eigenvalue weighted by atomic mass is 16.5. The van der Waals surface area contributed by atoms with Gasteiger partial charge in [0.1, 0.15) is 5.76 Å². The van der Waals surface area contributed by atoms with Crippen LogP contribution in [0.15, 0.2) is 15.6 Å². The molecule has 0 aliphatic carbocycles. The molecule has 0 amide bonds. The largest absolute Gasteiger partial charge is 0.361 e. The summed E-state index contributed by atoms with van der Waals surface area (Å²) in [5.41, 5.74) is 1.41. The van der Waals surface area contributed by atoms with Gasteiger partial charge in [0, 0.05) is 51.9 Å². The van der Waals surface area contributed by atoms with Crippen LogP contribution < -0.4 is 5.32 Å². The summed E-state index contributed by atoms with van der Waals surface area (Å²) in [4.78, 5) is 9.65. The van der Waals surface area contributed by atoms with Gasteiger partial charge in [-0.2, -0.15) is 0 Å². The molecule has 1 aromatic heterocycles. The third-order valence-corrected chi connectivity index (χ3v) is 4.42. The van der Waals surface area contributed by atoms with Gasteiger partial charge in [0.25, 0.3) is 0 Å². The highest BCUT2D eigenvalue weighted by Crippen LogP contribution is 2.20. The highest BCUT2D eigenvalue weighted by Gasteiger charge is 2.20. The Labute approximate surface area is 152 Å². The van der Waals surface area contributed by atoms with E-state index in [4.69, 9.17) is 9.52 Å². The Morgan fingerprint density at radius 2 is 2.00 bits per heavy atom. The fourth-order valence-corrected chi connectivity index (χ4v) is 3.06. The standard InChI is InChI=1S/C19H35N5O/c1-6-20-18(21-9-7-8-19(3,4)5)24-12-10-23(11-13-24)15-17-14-16(2)25-22-17/h14H,6-13,15H2,1-5H3,(H,20,21). The van der Waals surface area contributed by atoms with E-state index in [0.29, 0.717) is 5.41 Å². The minimum absolute atomic E-state index is 0.388. The van der Waals surface area contributed by atoms with Crippen LogP contribution in [0, 0.1) is 12.3 Å². The van der Waals surface area contributed by atoms with Gasteiger partial charge < -0.3 is 14.7 Å². The van der Waals surface area contributed by atoms with Gasteiger partial charge in [-0.05, 0) is 32.1 Å². The topological polar surface area (TPSA) is 56.9 Å². The van der Waals surface area contributed by atoms with Crippen LogP contribution in [0.5, 0.6) is 0 Å². The van der Waals surface area contributed by atoms with Crippen molar-refractivity contribution in [1.82, 2.24) is 20.3 Å². The number of hydrogen-bond donors (Lipinski definition) is 1. The van der Waals surface area contributed by atoms with Gasteiger partial charge in [0.05, 0.1) is 5.69 Å². The number of aromatic nitrogens is 1. The van der Waals surface area contributed by atoms with Gasteiger partial charge >= 0.3 is 0 Å². The lowest BCUT2D eigenvalue weighted by Gasteiger charge is -2.36. The van der Waals surface area contributed by atoms with E-state index in [-0.39, 0.29) is 0 Å². The van der Waals surface area contributed by atoms with Crippen LogP contribution in [0.1, 0.15) is 52.0 Å². The molecule has 1 fully saturated rings. The lowest BCUT2D eigenvalue weighted by Crippen LogP contribution is -2.52. The molecule has 0 unspecified atom stereocenters. The van der Waals surface area contributed by atoms with Gasteiger partial charge in [-0.1, -0.05) is 25.9 Å². The number of aliphatic imine (C=N–C) groups is 1. The molecule has 0 aromatic carbocycles. The number of rotatable bonds is 6. The number of hydrogen-bond acceptors (Lipinski definition) is 4. The predicted molar refractivity (Wildman–Crippen MR) is 103 cm³/mol. The molecule has 0 atom stereocenters. The average Bonchev–Trinajstić information content (AvgIpc) is 2.95. The van der Waals surface area contributed by atoms with Crippen LogP contribution >= 0.6 is 0 Å². The number of nitrogens with one attached hydrogen (secondary N) is 1. The van der Waals surface area contributed by atoms with Crippen LogP contribution in [-0.4, -0.2) is 60.2 Å². The van der Waals surface area contributed by atoms with Crippen LogP contribution in [-0.2, 0) is 6.54 Å². The summed E-state index contributed by atoms with van der Waals surface area (Å²) < 4.78 is 5.16. The molecule has 2 heterocycles. The van der Waals surface area contributed by atoms with Crippen LogP contribution in [0.3, 0.4) is 0 Å². The molecule has 0 saturated carbocycles. The average molecular weight is 350 g/mol. The van der Waals surface area contributed by atoms with E-state index in [2.05, 4.69) is 48.0 Å². The van der Waals surface area contributed by atoms with Crippen molar-refractivity contribution in [3.8, 4) is 0 Å². The minimum atomic E-state index is 0.388. The number of nitrogens with zero attached hydrogens (tertiary/aromatic N) is 4. The normalized spacial score (nSPS) is 17.2. The van der Waals surface area contributed by atoms with Crippen molar-refractivity contribution in [2.75, 3.05) is 39.3 Å². The maximum absolute atomic E-state index is 5.16. The first kappa shape index (κ1) is 19.8. The Bertz CT molecular complexity index is 538. The van der Waals surface area contributed by atoms with Gasteiger partial charge in [0.2, 0.25) is 0 Å². The summed E-state index contributed by atoms with van der Waals surface area (Å²) in [6, 6.07) is 2.02. The fourth-order valence-electron chi connectivity index (χ4n) is 3.06. The van der Waals surface area contributed by atoms with E-state index < -0.39 is 0 Å². The monoisotopic (exact) mass is 349 g/mol. The smallest absolute Gasteiger partial charge is 0.194 e. The van der Waals surface area contributed by atoms with Gasteiger partial charge in [-0.25, -0.2) is 0 Å². The van der Waals surface area contributed by atoms with Crippen molar-refractivity contribution in [2.24, 2.45) is 10.4 Å². The van der Waals surface area contributed by atoms with Crippen LogP contribution in [0.4, 0.5) is 0 Å². The molecule has 1 saturated heterocycles. The van der Waals surface area contributed by atoms with Crippen molar-refractivity contribution in [2.45, 2.75) is 54.0 Å². The Morgan fingerprint density at radius 3 is 2.56 bits per heavy atom.